The van der Waals surface area contributed by atoms with Crippen molar-refractivity contribution in [1.29, 1.82) is 0 Å². The van der Waals surface area contributed by atoms with Gasteiger partial charge in [-0.15, -0.1) is 34.4 Å². The molecule has 0 spiro atoms. The Morgan fingerprint density at radius 2 is 1.41 bits per heavy atom. The average molecular weight is 883 g/mol. The van der Waals surface area contributed by atoms with Crippen molar-refractivity contribution in [3.8, 4) is 11.3 Å². The van der Waals surface area contributed by atoms with Crippen molar-refractivity contribution in [3.05, 3.63) is 103 Å². The van der Waals surface area contributed by atoms with Crippen LogP contribution in [0.3, 0.4) is 0 Å². The van der Waals surface area contributed by atoms with E-state index in [9.17, 15) is 9.90 Å². The van der Waals surface area contributed by atoms with Crippen LogP contribution < -0.4 is 4.57 Å². The normalized spacial score (nSPS) is 12.4. The second-order valence-corrected chi connectivity index (χ2v) is 16.3. The van der Waals surface area contributed by atoms with E-state index in [1.807, 2.05) is 43.6 Å². The summed E-state index contributed by atoms with van der Waals surface area (Å²) in [6.45, 7) is 26.5. The molecule has 277 valence electrons. The number of carbonyl (C=O) groups excluding carboxylic acids is 1. The molecule has 2 aromatic heterocycles. The van der Waals surface area contributed by atoms with E-state index in [1.165, 1.54) is 53.7 Å². The van der Waals surface area contributed by atoms with Crippen molar-refractivity contribution in [2.45, 2.75) is 119 Å². The van der Waals surface area contributed by atoms with Crippen LogP contribution in [0.15, 0.2) is 72.6 Å². The molecule has 51 heavy (non-hydrogen) atoms. The Bertz CT molecular complexity index is 1980. The first kappa shape index (κ1) is 42.3. The van der Waals surface area contributed by atoms with E-state index in [2.05, 4.69) is 116 Å². The summed E-state index contributed by atoms with van der Waals surface area (Å²) in [6.07, 6.45) is 9.29. The van der Waals surface area contributed by atoms with Gasteiger partial charge in [-0.1, -0.05) is 111 Å². The van der Waals surface area contributed by atoms with Gasteiger partial charge in [0.15, 0.2) is 5.78 Å². The Hall–Kier alpha value is -3.11. The van der Waals surface area contributed by atoms with Gasteiger partial charge in [-0.25, -0.2) is 0 Å². The van der Waals surface area contributed by atoms with Crippen LogP contribution >= 0.6 is 11.3 Å². The fraction of sp³-hybridized carbons (Fsp3) is 0.435. The Morgan fingerprint density at radius 1 is 0.824 bits per heavy atom. The van der Waals surface area contributed by atoms with Gasteiger partial charge >= 0.3 is 0 Å². The summed E-state index contributed by atoms with van der Waals surface area (Å²) >= 11 is 1.89. The van der Waals surface area contributed by atoms with E-state index in [0.29, 0.717) is 0 Å². The number of rotatable bonds is 11. The summed E-state index contributed by atoms with van der Waals surface area (Å²) in [4.78, 5) is 11.7. The van der Waals surface area contributed by atoms with E-state index in [0.717, 1.165) is 49.8 Å². The number of fused-ring (bicyclic) bond motifs is 4. The molecule has 0 atom stereocenters. The molecule has 5 heteroatoms. The van der Waals surface area contributed by atoms with Gasteiger partial charge in [0.25, 0.3) is 0 Å². The Labute approximate surface area is 325 Å². The van der Waals surface area contributed by atoms with Crippen molar-refractivity contribution >= 4 is 48.1 Å². The molecule has 2 heterocycles. The maximum atomic E-state index is 11.7. The van der Waals surface area contributed by atoms with Gasteiger partial charge < -0.3 is 9.67 Å². The number of hydrogen-bond donors (Lipinski definition) is 1. The summed E-state index contributed by atoms with van der Waals surface area (Å²) in [6, 6.07) is 20.4. The van der Waals surface area contributed by atoms with Gasteiger partial charge in [0.2, 0.25) is 0 Å². The van der Waals surface area contributed by atoms with Gasteiger partial charge in [-0.2, -0.15) is 12.5 Å². The number of aliphatic hydroxyl groups excluding tert-OH is 1. The molecule has 0 aliphatic rings. The minimum atomic E-state index is 0. The molecule has 0 aliphatic heterocycles. The second-order valence-electron chi connectivity index (χ2n) is 15.2. The van der Waals surface area contributed by atoms with E-state index in [-0.39, 0.29) is 54.3 Å². The Morgan fingerprint density at radius 3 is 1.96 bits per heavy atom. The van der Waals surface area contributed by atoms with Crippen molar-refractivity contribution in [3.63, 3.8) is 0 Å². The summed E-state index contributed by atoms with van der Waals surface area (Å²) in [5.74, 6) is 0.547. The van der Waals surface area contributed by atoms with E-state index >= 15 is 0 Å². The van der Waals surface area contributed by atoms with E-state index < -0.39 is 0 Å². The number of aliphatic hydroxyl groups is 1. The molecule has 0 saturated heterocycles. The number of allylic oxidation sites excluding steroid dienone is 2. The van der Waals surface area contributed by atoms with Crippen LogP contribution in [0.5, 0.6) is 0 Å². The summed E-state index contributed by atoms with van der Waals surface area (Å²) < 4.78 is 4.66. The maximum absolute atomic E-state index is 11.7. The number of hydrogen-bond acceptors (Lipinski definition) is 3. The number of benzene rings is 3. The first-order valence-corrected chi connectivity index (χ1v) is 19.6. The molecule has 5 rings (SSSR count). The monoisotopic (exact) mass is 883 g/mol. The van der Waals surface area contributed by atoms with Crippen molar-refractivity contribution < 1.29 is 34.6 Å². The third kappa shape index (κ3) is 8.75. The molecule has 0 aliphatic carbocycles. The molecule has 1 N–H and O–H groups in total. The minimum Gasteiger partial charge on any atom is -0.512 e. The predicted molar refractivity (Wildman–Crippen MR) is 218 cm³/mol. The zero-order chi connectivity index (χ0) is 37.0. The largest absolute Gasteiger partial charge is 0.512 e. The maximum Gasteiger partial charge on any atom is 0.162 e. The van der Waals surface area contributed by atoms with Crippen molar-refractivity contribution in [1.82, 2.24) is 0 Å². The zero-order valence-corrected chi connectivity index (χ0v) is 35.9. The number of nitrogens with zero attached hydrogens (tertiary/aromatic N) is 1. The van der Waals surface area contributed by atoms with Gasteiger partial charge in [-0.3, -0.25) is 4.79 Å². The molecular formula is C46H60IrNO2S-. The summed E-state index contributed by atoms with van der Waals surface area (Å²) in [7, 11) is 4.41. The van der Waals surface area contributed by atoms with Gasteiger partial charge in [0.1, 0.15) is 0 Å². The Balaban J connectivity index is 0.000000374. The number of carbonyl (C=O) groups is 1. The Kier molecular flexibility index (Phi) is 14.6. The molecule has 0 bridgehead atoms. The smallest absolute Gasteiger partial charge is 0.162 e. The number of thiophene rings is 1. The van der Waals surface area contributed by atoms with Crippen LogP contribution in [0.4, 0.5) is 0 Å². The quantitative estimate of drug-likeness (QED) is 0.0621. The molecule has 5 aromatic rings. The second kappa shape index (κ2) is 17.6. The number of ketones is 1. The van der Waals surface area contributed by atoms with E-state index in [1.54, 1.807) is 0 Å². The van der Waals surface area contributed by atoms with Crippen LogP contribution in [0.2, 0.25) is 0 Å². The number of aromatic nitrogens is 1. The third-order valence-electron chi connectivity index (χ3n) is 11.2. The van der Waals surface area contributed by atoms with Crippen LogP contribution in [-0.2, 0) is 35.7 Å². The molecular weight excluding hydrogens is 823 g/mol. The topological polar surface area (TPSA) is 41.2 Å². The van der Waals surface area contributed by atoms with E-state index in [4.69, 9.17) is 0 Å². The van der Waals surface area contributed by atoms with Crippen LogP contribution in [0, 0.1) is 25.8 Å². The zero-order valence-electron chi connectivity index (χ0n) is 32.7. The van der Waals surface area contributed by atoms with Gasteiger partial charge in [-0.05, 0) is 77.8 Å². The predicted octanol–water partition coefficient (Wildman–Crippen LogP) is 13.2. The fourth-order valence-electron chi connectivity index (χ4n) is 7.18. The van der Waals surface area contributed by atoms with Crippen LogP contribution in [0.1, 0.15) is 124 Å². The fourth-order valence-corrected chi connectivity index (χ4v) is 8.49. The SMILES string of the molecule is CCC(CC)C(=O)/C=C(\O)C(CC)CC.[CH2-]c1c(-c2c3sc4cc(C(C)(CC)CC)ccc4c3cc[n+]2[CH2-])cc(C(C)(C)C)c2ccccc12.[Ir]. The first-order chi connectivity index (χ1) is 23.7. The molecule has 0 saturated carbocycles. The summed E-state index contributed by atoms with van der Waals surface area (Å²) in [5, 5.41) is 14.9. The molecule has 1 radical (unpaired) electrons. The molecule has 3 aromatic carbocycles. The molecule has 3 nitrogen and oxygen atoms in total. The third-order valence-corrected chi connectivity index (χ3v) is 12.4. The van der Waals surface area contributed by atoms with Gasteiger partial charge in [0, 0.05) is 54.5 Å². The minimum absolute atomic E-state index is 0. The summed E-state index contributed by atoms with van der Waals surface area (Å²) in [5.41, 5.74) is 6.40. The average Bonchev–Trinajstić information content (AvgIpc) is 3.47. The standard InChI is InChI=1S/C33H36NS.C13H24O2.Ir/c1-9-33(7,10-2)22-15-16-25-26-17-18-34(8)30(31(26)35-29(25)19-22)27-20-28(32(4,5)6)24-14-12-11-13-23(24)21(27)3;1-5-10(6-2)12(14)9-13(15)11(7-3)8-4;/h11-20H,3,8-10H2,1-2,4-7H3;9-11,14H,5-8H2,1-4H3;/q-1;;/b;12-9-;. The van der Waals surface area contributed by atoms with Gasteiger partial charge in [0.05, 0.1) is 17.6 Å². The first-order valence-electron chi connectivity index (χ1n) is 18.7. The molecule has 0 unspecified atom stereocenters. The van der Waals surface area contributed by atoms with Crippen molar-refractivity contribution in [2.24, 2.45) is 11.8 Å². The number of pyridine rings is 1. The van der Waals surface area contributed by atoms with Crippen LogP contribution in [-0.4, -0.2) is 10.9 Å². The molecule has 0 amide bonds. The van der Waals surface area contributed by atoms with Crippen molar-refractivity contribution in [2.75, 3.05) is 0 Å². The van der Waals surface area contributed by atoms with Crippen LogP contribution in [0.25, 0.3) is 42.2 Å². The molecule has 0 fully saturated rings.